The van der Waals surface area contributed by atoms with Gasteiger partial charge in [-0.25, -0.2) is 4.79 Å². The number of ether oxygens (including phenoxy) is 2. The molecule has 1 rings (SSSR count). The van der Waals surface area contributed by atoms with Crippen molar-refractivity contribution in [3.8, 4) is 0 Å². The first-order chi connectivity index (χ1) is 7.83. The van der Waals surface area contributed by atoms with E-state index < -0.39 is 6.09 Å². The van der Waals surface area contributed by atoms with Gasteiger partial charge in [0.15, 0.2) is 0 Å². The predicted octanol–water partition coefficient (Wildman–Crippen LogP) is 1.09. The zero-order valence-corrected chi connectivity index (χ0v) is 8.72. The molecule has 86 valence electrons. The molecular formula is C11H13NO4. The number of amides is 1. The Morgan fingerprint density at radius 1 is 1.31 bits per heavy atom. The molecule has 5 nitrogen and oxygen atoms in total. The molecule has 0 aliphatic heterocycles. The molecule has 0 bridgehead atoms. The average Bonchev–Trinajstić information content (AvgIpc) is 2.33. The van der Waals surface area contributed by atoms with E-state index in [1.165, 1.54) is 0 Å². The van der Waals surface area contributed by atoms with Crippen molar-refractivity contribution in [2.75, 3.05) is 13.2 Å². The van der Waals surface area contributed by atoms with E-state index in [2.05, 4.69) is 10.1 Å². The highest BCUT2D eigenvalue weighted by atomic mass is 16.5. The number of alkyl carbamates (subject to hydrolysis) is 1. The van der Waals surface area contributed by atoms with Gasteiger partial charge in [-0.2, -0.15) is 0 Å². The first-order valence-corrected chi connectivity index (χ1v) is 4.82. The summed E-state index contributed by atoms with van der Waals surface area (Å²) in [6, 6.07) is 9.36. The molecule has 0 unspecified atom stereocenters. The lowest BCUT2D eigenvalue weighted by atomic mass is 10.2. The van der Waals surface area contributed by atoms with Gasteiger partial charge in [0.2, 0.25) is 0 Å². The second-order valence-corrected chi connectivity index (χ2v) is 2.96. The summed E-state index contributed by atoms with van der Waals surface area (Å²) in [4.78, 5) is 20.9. The number of hydrogen-bond donors (Lipinski definition) is 1. The molecule has 1 amide bonds. The second kappa shape index (κ2) is 7.28. The maximum atomic E-state index is 11.1. The molecule has 0 fully saturated rings. The molecule has 0 aliphatic carbocycles. The van der Waals surface area contributed by atoms with Crippen LogP contribution in [0.15, 0.2) is 30.3 Å². The van der Waals surface area contributed by atoms with Gasteiger partial charge in [0.1, 0.15) is 13.2 Å². The van der Waals surface area contributed by atoms with Gasteiger partial charge >= 0.3 is 6.09 Å². The predicted molar refractivity (Wildman–Crippen MR) is 56.6 cm³/mol. The van der Waals surface area contributed by atoms with Crippen LogP contribution in [0.5, 0.6) is 0 Å². The Morgan fingerprint density at radius 3 is 2.75 bits per heavy atom. The quantitative estimate of drug-likeness (QED) is 0.579. The second-order valence-electron chi connectivity index (χ2n) is 2.96. The van der Waals surface area contributed by atoms with Gasteiger partial charge in [-0.3, -0.25) is 4.79 Å². The third kappa shape index (κ3) is 4.99. The van der Waals surface area contributed by atoms with Crippen LogP contribution in [-0.2, 0) is 20.9 Å². The van der Waals surface area contributed by atoms with Crippen molar-refractivity contribution in [1.82, 2.24) is 5.32 Å². The fourth-order valence-electron chi connectivity index (χ4n) is 1.03. The molecule has 0 saturated carbocycles. The van der Waals surface area contributed by atoms with Gasteiger partial charge in [-0.1, -0.05) is 30.3 Å². The molecule has 5 heteroatoms. The van der Waals surface area contributed by atoms with Crippen LogP contribution in [0, 0.1) is 0 Å². The fraction of sp³-hybridized carbons (Fsp3) is 0.273. The van der Waals surface area contributed by atoms with Crippen LogP contribution in [0.25, 0.3) is 0 Å². The Labute approximate surface area is 93.4 Å². The monoisotopic (exact) mass is 223 g/mol. The van der Waals surface area contributed by atoms with Crippen molar-refractivity contribution >= 4 is 12.6 Å². The molecule has 0 saturated heterocycles. The van der Waals surface area contributed by atoms with Crippen LogP contribution < -0.4 is 5.32 Å². The lowest BCUT2D eigenvalue weighted by Gasteiger charge is -2.06. The highest BCUT2D eigenvalue weighted by molar-refractivity contribution is 5.67. The lowest BCUT2D eigenvalue weighted by Crippen LogP contribution is -2.27. The van der Waals surface area contributed by atoms with Crippen LogP contribution in [0.2, 0.25) is 0 Å². The van der Waals surface area contributed by atoms with E-state index in [1.54, 1.807) is 0 Å². The lowest BCUT2D eigenvalue weighted by molar-refractivity contribution is -0.128. The summed E-state index contributed by atoms with van der Waals surface area (Å²) in [5.74, 6) is 0. The summed E-state index contributed by atoms with van der Waals surface area (Å²) < 4.78 is 9.31. The van der Waals surface area contributed by atoms with Crippen molar-refractivity contribution in [3.63, 3.8) is 0 Å². The van der Waals surface area contributed by atoms with E-state index in [1.807, 2.05) is 30.3 Å². The van der Waals surface area contributed by atoms with E-state index in [0.717, 1.165) is 5.56 Å². The maximum Gasteiger partial charge on any atom is 0.407 e. The molecule has 0 aliphatic rings. The minimum absolute atomic E-state index is 0.143. The van der Waals surface area contributed by atoms with E-state index in [9.17, 15) is 9.59 Å². The zero-order valence-electron chi connectivity index (χ0n) is 8.72. The number of carbonyl (C=O) groups excluding carboxylic acids is 2. The van der Waals surface area contributed by atoms with E-state index in [0.29, 0.717) is 6.47 Å². The molecule has 0 radical (unpaired) electrons. The summed E-state index contributed by atoms with van der Waals surface area (Å²) in [7, 11) is 0. The fourth-order valence-corrected chi connectivity index (χ4v) is 1.03. The van der Waals surface area contributed by atoms with Gasteiger partial charge < -0.3 is 14.8 Å². The maximum absolute atomic E-state index is 11.1. The SMILES string of the molecule is O=COCCNC(=O)OCc1ccccc1. The Morgan fingerprint density at radius 2 is 2.06 bits per heavy atom. The molecule has 1 aromatic carbocycles. The van der Waals surface area contributed by atoms with E-state index in [-0.39, 0.29) is 19.8 Å². The van der Waals surface area contributed by atoms with Crippen molar-refractivity contribution in [2.24, 2.45) is 0 Å². The van der Waals surface area contributed by atoms with E-state index >= 15 is 0 Å². The Bertz CT molecular complexity index is 326. The van der Waals surface area contributed by atoms with Gasteiger partial charge in [0.05, 0.1) is 6.54 Å². The van der Waals surface area contributed by atoms with Gasteiger partial charge in [0, 0.05) is 0 Å². The standard InChI is InChI=1S/C11H13NO4/c13-9-15-7-6-12-11(14)16-8-10-4-2-1-3-5-10/h1-5,9H,6-8H2,(H,12,14). The normalized spacial score (nSPS) is 9.25. The molecule has 16 heavy (non-hydrogen) atoms. The average molecular weight is 223 g/mol. The Balaban J connectivity index is 2.13. The van der Waals surface area contributed by atoms with Crippen molar-refractivity contribution < 1.29 is 19.1 Å². The Hall–Kier alpha value is -2.04. The number of hydrogen-bond acceptors (Lipinski definition) is 4. The Kier molecular flexibility index (Phi) is 5.47. The summed E-state index contributed by atoms with van der Waals surface area (Å²) in [6.07, 6.45) is -0.529. The van der Waals surface area contributed by atoms with Gasteiger partial charge in [0.25, 0.3) is 6.47 Å². The highest BCUT2D eigenvalue weighted by Gasteiger charge is 2.00. The highest BCUT2D eigenvalue weighted by Crippen LogP contribution is 2.00. The summed E-state index contributed by atoms with van der Waals surface area (Å²) in [5.41, 5.74) is 0.918. The van der Waals surface area contributed by atoms with E-state index in [4.69, 9.17) is 4.74 Å². The third-order valence-electron chi connectivity index (χ3n) is 1.77. The van der Waals surface area contributed by atoms with Gasteiger partial charge in [-0.05, 0) is 5.56 Å². The van der Waals surface area contributed by atoms with Crippen LogP contribution in [0.4, 0.5) is 4.79 Å². The van der Waals surface area contributed by atoms with Crippen LogP contribution in [-0.4, -0.2) is 25.7 Å². The van der Waals surface area contributed by atoms with Crippen molar-refractivity contribution in [1.29, 1.82) is 0 Å². The number of carbonyl (C=O) groups is 2. The summed E-state index contributed by atoms with van der Waals surface area (Å²) in [6.45, 7) is 0.939. The molecule has 0 atom stereocenters. The topological polar surface area (TPSA) is 64.6 Å². The van der Waals surface area contributed by atoms with Crippen molar-refractivity contribution in [3.05, 3.63) is 35.9 Å². The van der Waals surface area contributed by atoms with Crippen molar-refractivity contribution in [2.45, 2.75) is 6.61 Å². The molecular weight excluding hydrogens is 210 g/mol. The van der Waals surface area contributed by atoms with Crippen LogP contribution in [0.1, 0.15) is 5.56 Å². The largest absolute Gasteiger partial charge is 0.466 e. The minimum Gasteiger partial charge on any atom is -0.466 e. The number of nitrogens with one attached hydrogen (secondary N) is 1. The first-order valence-electron chi connectivity index (χ1n) is 4.82. The van der Waals surface area contributed by atoms with Crippen LogP contribution >= 0.6 is 0 Å². The minimum atomic E-state index is -0.529. The zero-order chi connectivity index (χ0) is 11.6. The summed E-state index contributed by atoms with van der Waals surface area (Å²) >= 11 is 0. The molecule has 0 spiro atoms. The third-order valence-corrected chi connectivity index (χ3v) is 1.77. The number of benzene rings is 1. The summed E-state index contributed by atoms with van der Waals surface area (Å²) in [5, 5.41) is 2.44. The molecule has 0 heterocycles. The molecule has 1 N–H and O–H groups in total. The molecule has 1 aromatic rings. The smallest absolute Gasteiger partial charge is 0.407 e. The first kappa shape index (κ1) is 12.0. The number of rotatable bonds is 6. The van der Waals surface area contributed by atoms with Crippen LogP contribution in [0.3, 0.4) is 0 Å². The molecule has 0 aromatic heterocycles. The van der Waals surface area contributed by atoms with Gasteiger partial charge in [-0.15, -0.1) is 0 Å².